The first-order valence-electron chi connectivity index (χ1n) is 6.88. The van der Waals surface area contributed by atoms with Gasteiger partial charge in [0.15, 0.2) is 0 Å². The van der Waals surface area contributed by atoms with Gasteiger partial charge in [-0.15, -0.1) is 0 Å². The number of aromatic carboxylic acids is 1. The largest absolute Gasteiger partial charge is 0.478 e. The van der Waals surface area contributed by atoms with E-state index in [0.717, 1.165) is 19.2 Å². The number of nitrogens with one attached hydrogen (secondary N) is 1. The lowest BCUT2D eigenvalue weighted by atomic mass is 10.2. The second kappa shape index (κ2) is 7.17. The van der Waals surface area contributed by atoms with Gasteiger partial charge in [0.25, 0.3) is 0 Å². The van der Waals surface area contributed by atoms with Crippen molar-refractivity contribution in [3.8, 4) is 0 Å². The van der Waals surface area contributed by atoms with Crippen molar-refractivity contribution < 1.29 is 35.7 Å². The first-order chi connectivity index (χ1) is 12.0. The predicted molar refractivity (Wildman–Crippen MR) is 85.8 cm³/mol. The average Bonchev–Trinajstić information content (AvgIpc) is 2.59. The molecule has 2 aromatic carbocycles. The SMILES string of the molecule is CNS(=O)(=O)c1ccc(C(F)(F)F)cc1[S@@](=O)c1ccccc1C(=O)O. The minimum atomic E-state index is -4.80. The molecule has 0 aliphatic rings. The van der Waals surface area contributed by atoms with E-state index in [2.05, 4.69) is 0 Å². The van der Waals surface area contributed by atoms with Gasteiger partial charge in [-0.1, -0.05) is 12.1 Å². The molecule has 2 rings (SSSR count). The normalized spacial score (nSPS) is 13.4. The summed E-state index contributed by atoms with van der Waals surface area (Å²) in [5.74, 6) is -1.45. The predicted octanol–water partition coefficient (Wildman–Crippen LogP) is 2.48. The molecule has 0 heterocycles. The van der Waals surface area contributed by atoms with Crippen LogP contribution in [0.2, 0.25) is 0 Å². The van der Waals surface area contributed by atoms with Crippen molar-refractivity contribution in [1.82, 2.24) is 4.72 Å². The lowest BCUT2D eigenvalue weighted by molar-refractivity contribution is -0.137. The number of hydrogen-bond acceptors (Lipinski definition) is 4. The summed E-state index contributed by atoms with van der Waals surface area (Å²) in [5, 5.41) is 9.18. The highest BCUT2D eigenvalue weighted by molar-refractivity contribution is 7.91. The van der Waals surface area contributed by atoms with Crippen LogP contribution in [0.25, 0.3) is 0 Å². The van der Waals surface area contributed by atoms with Gasteiger partial charge in [-0.25, -0.2) is 22.1 Å². The van der Waals surface area contributed by atoms with E-state index in [1.54, 1.807) is 0 Å². The number of carbonyl (C=O) groups is 1. The zero-order valence-electron chi connectivity index (χ0n) is 13.1. The summed E-state index contributed by atoms with van der Waals surface area (Å²) in [5.41, 5.74) is -1.61. The number of alkyl halides is 3. The molecule has 2 N–H and O–H groups in total. The Morgan fingerprint density at radius 1 is 1.12 bits per heavy atom. The summed E-state index contributed by atoms with van der Waals surface area (Å²) in [6, 6.07) is 6.64. The number of sulfonamides is 1. The Balaban J connectivity index is 2.78. The summed E-state index contributed by atoms with van der Waals surface area (Å²) in [7, 11) is -5.67. The Bertz CT molecular complexity index is 987. The lowest BCUT2D eigenvalue weighted by Crippen LogP contribution is -2.21. The number of rotatable bonds is 5. The molecule has 0 spiro atoms. The third kappa shape index (κ3) is 3.94. The molecular formula is C15H12F3NO5S2. The Kier molecular flexibility index (Phi) is 5.54. The van der Waals surface area contributed by atoms with Gasteiger partial charge in [0.05, 0.1) is 36.6 Å². The third-order valence-electron chi connectivity index (χ3n) is 3.35. The van der Waals surface area contributed by atoms with Gasteiger partial charge in [-0.05, 0) is 37.4 Å². The topological polar surface area (TPSA) is 101 Å². The zero-order chi connectivity index (χ0) is 19.7. The molecule has 0 aliphatic heterocycles. The van der Waals surface area contributed by atoms with Crippen LogP contribution < -0.4 is 4.72 Å². The molecule has 0 radical (unpaired) electrons. The fourth-order valence-electron chi connectivity index (χ4n) is 2.08. The van der Waals surface area contributed by atoms with Gasteiger partial charge >= 0.3 is 12.1 Å². The van der Waals surface area contributed by atoms with Gasteiger partial charge in [0.2, 0.25) is 10.0 Å². The van der Waals surface area contributed by atoms with Crippen molar-refractivity contribution in [2.75, 3.05) is 7.05 Å². The van der Waals surface area contributed by atoms with Gasteiger partial charge in [0.1, 0.15) is 0 Å². The van der Waals surface area contributed by atoms with Crippen molar-refractivity contribution in [1.29, 1.82) is 0 Å². The monoisotopic (exact) mass is 407 g/mol. The van der Waals surface area contributed by atoms with Crippen molar-refractivity contribution in [3.05, 3.63) is 53.6 Å². The number of carboxylic acid groups (broad SMARTS) is 1. The highest BCUT2D eigenvalue weighted by atomic mass is 32.2. The van der Waals surface area contributed by atoms with Crippen LogP contribution >= 0.6 is 0 Å². The quantitative estimate of drug-likeness (QED) is 0.793. The van der Waals surface area contributed by atoms with Crippen molar-refractivity contribution >= 4 is 26.8 Å². The van der Waals surface area contributed by atoms with E-state index in [0.29, 0.717) is 18.2 Å². The molecule has 11 heteroatoms. The summed E-state index contributed by atoms with van der Waals surface area (Å²) in [6.07, 6.45) is -4.80. The molecule has 0 bridgehead atoms. The molecule has 0 fully saturated rings. The fourth-order valence-corrected chi connectivity index (χ4v) is 4.71. The molecule has 0 saturated carbocycles. The second-order valence-corrected chi connectivity index (χ2v) is 8.21. The summed E-state index contributed by atoms with van der Waals surface area (Å²) < 4.78 is 77.9. The van der Waals surface area contributed by atoms with Crippen LogP contribution in [0.5, 0.6) is 0 Å². The maximum Gasteiger partial charge on any atom is 0.416 e. The van der Waals surface area contributed by atoms with Crippen molar-refractivity contribution in [3.63, 3.8) is 0 Å². The zero-order valence-corrected chi connectivity index (χ0v) is 14.7. The minimum absolute atomic E-state index is 0.313. The summed E-state index contributed by atoms with van der Waals surface area (Å²) >= 11 is 0. The molecule has 6 nitrogen and oxygen atoms in total. The van der Waals surface area contributed by atoms with Crippen LogP contribution in [-0.4, -0.2) is 30.8 Å². The van der Waals surface area contributed by atoms with E-state index in [9.17, 15) is 35.7 Å². The highest BCUT2D eigenvalue weighted by Gasteiger charge is 2.33. The second-order valence-electron chi connectivity index (χ2n) is 4.94. The van der Waals surface area contributed by atoms with Crippen LogP contribution in [0.1, 0.15) is 15.9 Å². The Hall–Kier alpha value is -2.24. The minimum Gasteiger partial charge on any atom is -0.478 e. The number of hydrogen-bond donors (Lipinski definition) is 2. The maximum absolute atomic E-state index is 13.0. The van der Waals surface area contributed by atoms with Gasteiger partial charge in [-0.3, -0.25) is 0 Å². The van der Waals surface area contributed by atoms with Crippen LogP contribution in [0.4, 0.5) is 13.2 Å². The summed E-state index contributed by atoms with van der Waals surface area (Å²) in [4.78, 5) is 9.67. The number of carboxylic acids is 1. The van der Waals surface area contributed by atoms with Crippen LogP contribution in [0.15, 0.2) is 57.2 Å². The molecule has 26 heavy (non-hydrogen) atoms. The Labute approximate surface area is 149 Å². The van der Waals surface area contributed by atoms with E-state index in [1.165, 1.54) is 12.1 Å². The lowest BCUT2D eigenvalue weighted by Gasteiger charge is -2.14. The highest BCUT2D eigenvalue weighted by Crippen LogP contribution is 2.34. The van der Waals surface area contributed by atoms with E-state index in [4.69, 9.17) is 0 Å². The van der Waals surface area contributed by atoms with E-state index >= 15 is 0 Å². The van der Waals surface area contributed by atoms with Gasteiger partial charge < -0.3 is 5.11 Å². The summed E-state index contributed by atoms with van der Waals surface area (Å²) in [6.45, 7) is 0. The molecule has 0 aliphatic carbocycles. The molecule has 2 aromatic rings. The molecule has 140 valence electrons. The molecule has 0 amide bonds. The first-order valence-corrected chi connectivity index (χ1v) is 9.51. The molecule has 0 unspecified atom stereocenters. The average molecular weight is 407 g/mol. The van der Waals surface area contributed by atoms with E-state index in [1.807, 2.05) is 4.72 Å². The van der Waals surface area contributed by atoms with Gasteiger partial charge in [0, 0.05) is 0 Å². The van der Waals surface area contributed by atoms with Crippen LogP contribution in [0.3, 0.4) is 0 Å². The molecule has 0 saturated heterocycles. The van der Waals surface area contributed by atoms with Crippen molar-refractivity contribution in [2.24, 2.45) is 0 Å². The number of halogens is 3. The smallest absolute Gasteiger partial charge is 0.416 e. The fraction of sp³-hybridized carbons (Fsp3) is 0.133. The maximum atomic E-state index is 13.0. The van der Waals surface area contributed by atoms with E-state index in [-0.39, 0.29) is 4.90 Å². The van der Waals surface area contributed by atoms with Crippen LogP contribution in [0, 0.1) is 0 Å². The van der Waals surface area contributed by atoms with Crippen LogP contribution in [-0.2, 0) is 27.0 Å². The Morgan fingerprint density at radius 3 is 2.27 bits per heavy atom. The number of benzene rings is 2. The van der Waals surface area contributed by atoms with Crippen molar-refractivity contribution in [2.45, 2.75) is 20.9 Å². The van der Waals surface area contributed by atoms with E-state index < -0.39 is 53.9 Å². The first kappa shape index (κ1) is 20.1. The third-order valence-corrected chi connectivity index (χ3v) is 6.44. The standard InChI is InChI=1S/C15H12F3NO5S2/c1-19-26(23,24)13-7-6-9(15(16,17)18)8-12(13)25(22)11-5-3-2-4-10(11)14(20)21/h2-8,19H,1H3,(H,20,21)/t25-/m0/s1. The van der Waals surface area contributed by atoms with Gasteiger partial charge in [-0.2, -0.15) is 13.2 Å². The molecular weight excluding hydrogens is 395 g/mol. The Morgan fingerprint density at radius 2 is 1.73 bits per heavy atom. The molecule has 1 atom stereocenters. The molecule has 0 aromatic heterocycles.